The van der Waals surface area contributed by atoms with Gasteiger partial charge in [-0.3, -0.25) is 4.79 Å². The molecule has 0 radical (unpaired) electrons. The van der Waals surface area contributed by atoms with Crippen molar-refractivity contribution in [2.45, 2.75) is 17.3 Å². The first-order valence-corrected chi connectivity index (χ1v) is 10.3. The molecule has 1 amide bonds. The van der Waals surface area contributed by atoms with Crippen molar-refractivity contribution in [3.63, 3.8) is 0 Å². The van der Waals surface area contributed by atoms with E-state index in [0.29, 0.717) is 22.8 Å². The number of hydrogen-bond donors (Lipinski definition) is 2. The average molecular weight is 417 g/mol. The normalized spacial score (nSPS) is 10.7. The first kappa shape index (κ1) is 19.8. The van der Waals surface area contributed by atoms with Crippen LogP contribution in [0.3, 0.4) is 0 Å². The lowest BCUT2D eigenvalue weighted by Crippen LogP contribution is -2.13. The van der Waals surface area contributed by atoms with E-state index in [9.17, 15) is 9.90 Å². The van der Waals surface area contributed by atoms with Crippen LogP contribution in [0.15, 0.2) is 83.8 Å². The molecule has 2 N–H and O–H groups in total. The van der Waals surface area contributed by atoms with Crippen LogP contribution in [0, 0.1) is 0 Å². The number of amides is 1. The summed E-state index contributed by atoms with van der Waals surface area (Å²) in [5, 5.41) is 24.2. The maximum atomic E-state index is 12.9. The zero-order valence-electron chi connectivity index (χ0n) is 16.0. The highest BCUT2D eigenvalue weighted by Gasteiger charge is 2.14. The minimum atomic E-state index is -0.212. The van der Waals surface area contributed by atoms with Crippen molar-refractivity contribution in [2.75, 3.05) is 5.32 Å². The lowest BCUT2D eigenvalue weighted by Gasteiger charge is -2.11. The fourth-order valence-corrected chi connectivity index (χ4v) is 3.89. The highest BCUT2D eigenvalue weighted by molar-refractivity contribution is 7.98. The van der Waals surface area contributed by atoms with Gasteiger partial charge in [0.1, 0.15) is 0 Å². The summed E-state index contributed by atoms with van der Waals surface area (Å²) in [5.74, 6) is 0.986. The number of hydrogen-bond acceptors (Lipinski definition) is 6. The lowest BCUT2D eigenvalue weighted by atomic mass is 10.2. The molecule has 0 aliphatic rings. The minimum Gasteiger partial charge on any atom is -0.392 e. The van der Waals surface area contributed by atoms with Crippen LogP contribution >= 0.6 is 11.8 Å². The van der Waals surface area contributed by atoms with Crippen molar-refractivity contribution >= 4 is 23.4 Å². The molecule has 1 aromatic heterocycles. The third-order valence-electron chi connectivity index (χ3n) is 4.39. The van der Waals surface area contributed by atoms with E-state index in [2.05, 4.69) is 20.8 Å². The van der Waals surface area contributed by atoms with Gasteiger partial charge in [0.2, 0.25) is 0 Å². The van der Waals surface area contributed by atoms with Crippen molar-refractivity contribution in [1.29, 1.82) is 0 Å². The van der Waals surface area contributed by atoms with Crippen LogP contribution in [0.1, 0.15) is 21.7 Å². The van der Waals surface area contributed by atoms with Crippen LogP contribution in [0.25, 0.3) is 5.69 Å². The van der Waals surface area contributed by atoms with Gasteiger partial charge in [0, 0.05) is 10.6 Å². The van der Waals surface area contributed by atoms with Gasteiger partial charge in [0.25, 0.3) is 5.91 Å². The predicted molar refractivity (Wildman–Crippen MR) is 115 cm³/mol. The van der Waals surface area contributed by atoms with Crippen LogP contribution in [-0.2, 0) is 12.4 Å². The monoisotopic (exact) mass is 417 g/mol. The molecular weight excluding hydrogens is 398 g/mol. The van der Waals surface area contributed by atoms with Gasteiger partial charge in [-0.15, -0.1) is 16.9 Å². The number of para-hydroxylation sites is 1. The highest BCUT2D eigenvalue weighted by Crippen LogP contribution is 2.27. The summed E-state index contributed by atoms with van der Waals surface area (Å²) in [4.78, 5) is 13.7. The van der Waals surface area contributed by atoms with Gasteiger partial charge in [0.05, 0.1) is 23.6 Å². The Labute approximate surface area is 177 Å². The standard InChI is InChI=1S/C22H19N5O2S/c28-14-16-7-6-8-17(13-16)23-22(29)19-11-4-5-12-20(19)30-15-21-24-25-26-27(21)18-9-2-1-3-10-18/h1-13,28H,14-15H2,(H,23,29). The highest BCUT2D eigenvalue weighted by atomic mass is 32.2. The zero-order chi connectivity index (χ0) is 20.8. The quantitative estimate of drug-likeness (QED) is 0.446. The number of rotatable bonds is 7. The molecule has 30 heavy (non-hydrogen) atoms. The van der Waals surface area contributed by atoms with E-state index >= 15 is 0 Å². The average Bonchev–Trinajstić information content (AvgIpc) is 3.27. The third-order valence-corrected chi connectivity index (χ3v) is 5.46. The van der Waals surface area contributed by atoms with E-state index in [0.717, 1.165) is 16.1 Å². The largest absolute Gasteiger partial charge is 0.392 e. The molecule has 0 unspecified atom stereocenters. The van der Waals surface area contributed by atoms with Gasteiger partial charge in [-0.1, -0.05) is 42.5 Å². The Morgan fingerprint density at radius 3 is 2.63 bits per heavy atom. The summed E-state index contributed by atoms with van der Waals surface area (Å²) in [6.07, 6.45) is 0. The van der Waals surface area contributed by atoms with E-state index in [4.69, 9.17) is 0 Å². The summed E-state index contributed by atoms with van der Waals surface area (Å²) in [5.41, 5.74) is 2.83. The van der Waals surface area contributed by atoms with Gasteiger partial charge < -0.3 is 10.4 Å². The van der Waals surface area contributed by atoms with Crippen LogP contribution in [0.4, 0.5) is 5.69 Å². The maximum Gasteiger partial charge on any atom is 0.256 e. The molecule has 0 spiro atoms. The smallest absolute Gasteiger partial charge is 0.256 e. The molecule has 0 aliphatic carbocycles. The Kier molecular flexibility index (Phi) is 6.17. The number of tetrazole rings is 1. The number of carbonyl (C=O) groups excluding carboxylic acids is 1. The Morgan fingerprint density at radius 1 is 1.00 bits per heavy atom. The fraction of sp³-hybridized carbons (Fsp3) is 0.0909. The molecular formula is C22H19N5O2S. The molecule has 0 saturated carbocycles. The molecule has 4 rings (SSSR count). The number of aliphatic hydroxyl groups is 1. The number of benzene rings is 3. The predicted octanol–water partition coefficient (Wildman–Crippen LogP) is 3.70. The van der Waals surface area contributed by atoms with E-state index in [1.54, 1.807) is 35.0 Å². The first-order valence-electron chi connectivity index (χ1n) is 9.30. The number of carbonyl (C=O) groups is 1. The molecule has 0 bridgehead atoms. The molecule has 150 valence electrons. The second-order valence-corrected chi connectivity index (χ2v) is 7.46. The molecule has 1 heterocycles. The molecule has 8 heteroatoms. The van der Waals surface area contributed by atoms with Crippen molar-refractivity contribution in [3.05, 3.63) is 95.8 Å². The summed E-state index contributed by atoms with van der Waals surface area (Å²) in [7, 11) is 0. The van der Waals surface area contributed by atoms with Gasteiger partial charge in [-0.05, 0) is 52.4 Å². The molecule has 0 saturated heterocycles. The van der Waals surface area contributed by atoms with E-state index < -0.39 is 0 Å². The molecule has 4 aromatic rings. The van der Waals surface area contributed by atoms with Crippen LogP contribution in [0.5, 0.6) is 0 Å². The molecule has 0 aliphatic heterocycles. The van der Waals surface area contributed by atoms with Crippen molar-refractivity contribution in [1.82, 2.24) is 20.2 Å². The topological polar surface area (TPSA) is 92.9 Å². The minimum absolute atomic E-state index is 0.0771. The zero-order valence-corrected chi connectivity index (χ0v) is 16.8. The SMILES string of the molecule is O=C(Nc1cccc(CO)c1)c1ccccc1SCc1nnnn1-c1ccccc1. The Hall–Kier alpha value is -3.49. The molecule has 0 atom stereocenters. The van der Waals surface area contributed by atoms with Crippen molar-refractivity contribution < 1.29 is 9.90 Å². The Morgan fingerprint density at radius 2 is 1.80 bits per heavy atom. The Balaban J connectivity index is 1.50. The van der Waals surface area contributed by atoms with Gasteiger partial charge >= 0.3 is 0 Å². The van der Waals surface area contributed by atoms with Gasteiger partial charge in [-0.25, -0.2) is 0 Å². The molecule has 7 nitrogen and oxygen atoms in total. The van der Waals surface area contributed by atoms with Crippen molar-refractivity contribution in [3.8, 4) is 5.69 Å². The number of aliphatic hydroxyl groups excluding tert-OH is 1. The number of anilines is 1. The van der Waals surface area contributed by atoms with E-state index in [1.165, 1.54) is 11.8 Å². The summed E-state index contributed by atoms with van der Waals surface area (Å²) in [6.45, 7) is -0.0771. The van der Waals surface area contributed by atoms with Crippen LogP contribution in [0.2, 0.25) is 0 Å². The van der Waals surface area contributed by atoms with E-state index in [1.807, 2.05) is 48.5 Å². The fourth-order valence-electron chi connectivity index (χ4n) is 2.93. The molecule has 0 fully saturated rings. The number of thioether (sulfide) groups is 1. The second-order valence-electron chi connectivity index (χ2n) is 6.44. The second kappa shape index (κ2) is 9.34. The summed E-state index contributed by atoms with van der Waals surface area (Å²) in [6, 6.07) is 24.2. The Bertz CT molecular complexity index is 1150. The van der Waals surface area contributed by atoms with Crippen LogP contribution in [-0.4, -0.2) is 31.2 Å². The molecule has 3 aromatic carbocycles. The third kappa shape index (κ3) is 4.56. The lowest BCUT2D eigenvalue weighted by molar-refractivity contribution is 0.102. The maximum absolute atomic E-state index is 12.9. The first-order chi connectivity index (χ1) is 14.7. The van der Waals surface area contributed by atoms with Crippen molar-refractivity contribution in [2.24, 2.45) is 0 Å². The van der Waals surface area contributed by atoms with Gasteiger partial charge in [-0.2, -0.15) is 4.68 Å². The number of aromatic nitrogens is 4. The summed E-state index contributed by atoms with van der Waals surface area (Å²) < 4.78 is 1.69. The van der Waals surface area contributed by atoms with Gasteiger partial charge in [0.15, 0.2) is 5.82 Å². The summed E-state index contributed by atoms with van der Waals surface area (Å²) >= 11 is 1.50. The van der Waals surface area contributed by atoms with Crippen LogP contribution < -0.4 is 5.32 Å². The number of nitrogens with one attached hydrogen (secondary N) is 1. The van der Waals surface area contributed by atoms with E-state index in [-0.39, 0.29) is 12.5 Å². The number of nitrogens with zero attached hydrogens (tertiary/aromatic N) is 4.